The van der Waals surface area contributed by atoms with Crippen LogP contribution in [0.25, 0.3) is 12.2 Å². The number of nitrogens with zero attached hydrogens (tertiary/aromatic N) is 3. The normalized spacial score (nSPS) is 17.8. The summed E-state index contributed by atoms with van der Waals surface area (Å²) in [4.78, 5) is 34.3. The molecule has 1 aliphatic heterocycles. The van der Waals surface area contributed by atoms with E-state index < -0.39 is 12.1 Å². The second-order valence-electron chi connectivity index (χ2n) is 10.0. The average Bonchev–Trinajstić information content (AvgIpc) is 2.98. The van der Waals surface area contributed by atoms with E-state index in [2.05, 4.69) is 10.3 Å². The summed E-state index contributed by atoms with van der Waals surface area (Å²) in [5.74, 6) is 0.432. The molecule has 3 atom stereocenters. The zero-order chi connectivity index (χ0) is 28.6. The quantitative estimate of drug-likeness (QED) is 0.428. The first kappa shape index (κ1) is 28.6. The van der Waals surface area contributed by atoms with Crippen molar-refractivity contribution in [1.29, 1.82) is 0 Å². The second kappa shape index (κ2) is 13.1. The summed E-state index contributed by atoms with van der Waals surface area (Å²) >= 11 is 0. The van der Waals surface area contributed by atoms with Gasteiger partial charge >= 0.3 is 6.03 Å². The number of fused-ring (bicyclic) bond motifs is 1. The number of nitrogens with one attached hydrogen (secondary N) is 1. The van der Waals surface area contributed by atoms with E-state index in [1.54, 1.807) is 60.5 Å². The van der Waals surface area contributed by atoms with Crippen molar-refractivity contribution < 1.29 is 24.2 Å². The summed E-state index contributed by atoms with van der Waals surface area (Å²) < 4.78 is 11.6. The van der Waals surface area contributed by atoms with Gasteiger partial charge in [0.1, 0.15) is 17.4 Å². The van der Waals surface area contributed by atoms with E-state index in [-0.39, 0.29) is 36.9 Å². The number of urea groups is 1. The molecule has 0 saturated carbocycles. The molecule has 0 saturated heterocycles. The van der Waals surface area contributed by atoms with Crippen LogP contribution in [0.2, 0.25) is 0 Å². The maximum atomic E-state index is 13.6. The molecule has 210 valence electrons. The first-order valence-electron chi connectivity index (χ1n) is 13.3. The third-order valence-corrected chi connectivity index (χ3v) is 6.93. The maximum absolute atomic E-state index is 13.6. The smallest absolute Gasteiger partial charge is 0.321 e. The number of amides is 3. The van der Waals surface area contributed by atoms with E-state index in [1.165, 1.54) is 0 Å². The van der Waals surface area contributed by atoms with E-state index in [4.69, 9.17) is 9.47 Å². The fourth-order valence-corrected chi connectivity index (χ4v) is 4.46. The Hall–Kier alpha value is -4.37. The number of methoxy groups -OCH3 is 1. The van der Waals surface area contributed by atoms with Gasteiger partial charge in [0.15, 0.2) is 0 Å². The van der Waals surface area contributed by atoms with Crippen molar-refractivity contribution in [2.75, 3.05) is 39.2 Å². The lowest BCUT2D eigenvalue weighted by Gasteiger charge is -2.37. The van der Waals surface area contributed by atoms with Gasteiger partial charge in [-0.05, 0) is 36.2 Å². The molecule has 2 heterocycles. The highest BCUT2D eigenvalue weighted by Crippen LogP contribution is 2.28. The van der Waals surface area contributed by atoms with E-state index in [0.717, 1.165) is 11.1 Å². The first-order chi connectivity index (χ1) is 19.3. The Morgan fingerprint density at radius 3 is 2.67 bits per heavy atom. The van der Waals surface area contributed by atoms with Crippen LogP contribution in [-0.2, 0) is 0 Å². The summed E-state index contributed by atoms with van der Waals surface area (Å²) in [7, 11) is 3.26. The number of hydrogen-bond acceptors (Lipinski definition) is 6. The molecular weight excluding hydrogens is 508 g/mol. The molecule has 0 unspecified atom stereocenters. The molecule has 4 rings (SSSR count). The Balaban J connectivity index is 1.58. The van der Waals surface area contributed by atoms with Gasteiger partial charge in [-0.3, -0.25) is 4.79 Å². The Bertz CT molecular complexity index is 1350. The summed E-state index contributed by atoms with van der Waals surface area (Å²) in [6.07, 6.45) is 5.05. The minimum absolute atomic E-state index is 0.155. The lowest BCUT2D eigenvalue weighted by molar-refractivity contribution is 0.0356. The molecule has 3 aromatic rings. The lowest BCUT2D eigenvalue weighted by atomic mass is 10.00. The minimum atomic E-state index is -0.459. The van der Waals surface area contributed by atoms with Crippen molar-refractivity contribution in [2.45, 2.75) is 26.0 Å². The van der Waals surface area contributed by atoms with Crippen LogP contribution >= 0.6 is 0 Å². The Morgan fingerprint density at radius 1 is 1.20 bits per heavy atom. The van der Waals surface area contributed by atoms with E-state index in [9.17, 15) is 14.7 Å². The van der Waals surface area contributed by atoms with E-state index in [1.807, 2.05) is 56.3 Å². The number of likely N-dealkylation sites (N-methyl/N-ethyl adjacent to an activating group) is 1. The number of carbonyl (C=O) groups excluding carboxylic acids is 2. The molecule has 1 aromatic heterocycles. The molecule has 40 heavy (non-hydrogen) atoms. The highest BCUT2D eigenvalue weighted by molar-refractivity contribution is 5.97. The molecule has 1 aliphatic rings. The van der Waals surface area contributed by atoms with Crippen LogP contribution in [0, 0.1) is 5.92 Å². The van der Waals surface area contributed by atoms with Gasteiger partial charge in [-0.15, -0.1) is 0 Å². The number of carbonyl (C=O) groups is 2. The summed E-state index contributed by atoms with van der Waals surface area (Å²) in [6.45, 7) is 4.19. The highest BCUT2D eigenvalue weighted by Gasteiger charge is 2.34. The number of pyridine rings is 1. The fraction of sp³-hybridized carbons (Fsp3) is 0.323. The van der Waals surface area contributed by atoms with Crippen molar-refractivity contribution in [3.8, 4) is 11.6 Å². The molecular formula is C31H36N4O5. The molecule has 3 amide bonds. The molecule has 0 fully saturated rings. The fourth-order valence-electron chi connectivity index (χ4n) is 4.46. The Morgan fingerprint density at radius 2 is 1.95 bits per heavy atom. The third-order valence-electron chi connectivity index (χ3n) is 6.93. The zero-order valence-corrected chi connectivity index (χ0v) is 23.3. The number of anilines is 1. The van der Waals surface area contributed by atoms with Crippen LogP contribution in [-0.4, -0.2) is 77.8 Å². The highest BCUT2D eigenvalue weighted by atomic mass is 16.5. The number of aromatic nitrogens is 1. The summed E-state index contributed by atoms with van der Waals surface area (Å²) in [6, 6.07) is 18.0. The Kier molecular flexibility index (Phi) is 9.39. The minimum Gasteiger partial charge on any atom is -0.497 e. The monoisotopic (exact) mass is 544 g/mol. The average molecular weight is 545 g/mol. The first-order valence-corrected chi connectivity index (χ1v) is 13.3. The zero-order valence-electron chi connectivity index (χ0n) is 23.3. The standard InChI is InChI=1S/C31H36N4O5/c1-21-18-35(22(2)20-36)30(37)27-15-24(14-13-23-9-6-5-7-10-23)17-32-29(27)40-28(21)19-34(3)31(38)33-25-11-8-12-26(16-25)39-4/h5-17,21-22,28,36H,18-20H2,1-4H3,(H,33,38)/b14-13+/t21-,22-,28-/m0/s1. The predicted octanol–water partition coefficient (Wildman–Crippen LogP) is 4.64. The molecule has 0 aliphatic carbocycles. The van der Waals surface area contributed by atoms with Crippen molar-refractivity contribution in [3.63, 3.8) is 0 Å². The number of ether oxygens (including phenoxy) is 2. The molecule has 2 N–H and O–H groups in total. The second-order valence-corrected chi connectivity index (χ2v) is 10.0. The van der Waals surface area contributed by atoms with Crippen LogP contribution in [0.15, 0.2) is 66.9 Å². The van der Waals surface area contributed by atoms with E-state index in [0.29, 0.717) is 23.5 Å². The van der Waals surface area contributed by atoms with Gasteiger partial charge in [0.2, 0.25) is 5.88 Å². The van der Waals surface area contributed by atoms with Crippen molar-refractivity contribution in [1.82, 2.24) is 14.8 Å². The van der Waals surface area contributed by atoms with Gasteiger partial charge in [0.05, 0.1) is 26.3 Å². The van der Waals surface area contributed by atoms with Crippen LogP contribution in [0.1, 0.15) is 35.3 Å². The molecule has 0 spiro atoms. The number of benzene rings is 2. The van der Waals surface area contributed by atoms with Gasteiger partial charge in [-0.2, -0.15) is 0 Å². The van der Waals surface area contributed by atoms with Crippen LogP contribution in [0.3, 0.4) is 0 Å². The van der Waals surface area contributed by atoms with E-state index >= 15 is 0 Å². The maximum Gasteiger partial charge on any atom is 0.321 e. The molecule has 9 heteroatoms. The van der Waals surface area contributed by atoms with Crippen LogP contribution in [0.5, 0.6) is 11.6 Å². The summed E-state index contributed by atoms with van der Waals surface area (Å²) in [5, 5.41) is 12.8. The molecule has 0 radical (unpaired) electrons. The number of rotatable bonds is 8. The largest absolute Gasteiger partial charge is 0.497 e. The number of hydrogen-bond donors (Lipinski definition) is 2. The van der Waals surface area contributed by atoms with Gasteiger partial charge in [0, 0.05) is 37.5 Å². The molecule has 9 nitrogen and oxygen atoms in total. The van der Waals surface area contributed by atoms with Crippen LogP contribution in [0.4, 0.5) is 10.5 Å². The SMILES string of the molecule is COc1cccc(NC(=O)N(C)C[C@@H]2Oc3ncc(/C=C/c4ccccc4)cc3C(=O)N([C@@H](C)CO)C[C@@H]2C)c1. The van der Waals surface area contributed by atoms with Gasteiger partial charge in [0.25, 0.3) is 5.91 Å². The topological polar surface area (TPSA) is 104 Å². The van der Waals surface area contributed by atoms with Crippen molar-refractivity contribution in [2.24, 2.45) is 5.92 Å². The van der Waals surface area contributed by atoms with Gasteiger partial charge in [-0.25, -0.2) is 9.78 Å². The lowest BCUT2D eigenvalue weighted by Crippen LogP contribution is -2.50. The van der Waals surface area contributed by atoms with Gasteiger partial charge in [-0.1, -0.05) is 55.5 Å². The number of aliphatic hydroxyl groups excluding tert-OH is 1. The summed E-state index contributed by atoms with van der Waals surface area (Å²) in [5.41, 5.74) is 2.70. The van der Waals surface area contributed by atoms with Crippen molar-refractivity contribution >= 4 is 29.8 Å². The third kappa shape index (κ3) is 6.98. The predicted molar refractivity (Wildman–Crippen MR) is 155 cm³/mol. The molecule has 0 bridgehead atoms. The number of aliphatic hydroxyl groups is 1. The molecule has 2 aromatic carbocycles. The van der Waals surface area contributed by atoms with Gasteiger partial charge < -0.3 is 29.7 Å². The van der Waals surface area contributed by atoms with Crippen molar-refractivity contribution in [3.05, 3.63) is 83.6 Å². The Labute approximate surface area is 235 Å². The van der Waals surface area contributed by atoms with Crippen LogP contribution < -0.4 is 14.8 Å².